The number of carbonyl (C=O) groups excluding carboxylic acids is 2. The minimum Gasteiger partial charge on any atom is -0.496 e. The maximum absolute atomic E-state index is 13.9. The molecule has 3 aromatic carbocycles. The molecule has 0 bridgehead atoms. The monoisotopic (exact) mass is 494 g/mol. The molecule has 0 radical (unpaired) electrons. The van der Waals surface area contributed by atoms with E-state index in [9.17, 15) is 22.4 Å². The van der Waals surface area contributed by atoms with Gasteiger partial charge in [-0.15, -0.1) is 0 Å². The molecule has 4 rings (SSSR count). The number of nitrogens with one attached hydrogen (secondary N) is 2. The van der Waals surface area contributed by atoms with Crippen LogP contribution in [0.4, 0.5) is 4.39 Å². The summed E-state index contributed by atoms with van der Waals surface area (Å²) in [7, 11) is -2.60. The first-order valence-corrected chi connectivity index (χ1v) is 12.4. The van der Waals surface area contributed by atoms with E-state index < -0.39 is 31.4 Å². The Balaban J connectivity index is 1.26. The molecule has 2 N–H and O–H groups in total. The van der Waals surface area contributed by atoms with E-state index in [1.165, 1.54) is 18.2 Å². The Hall–Kier alpha value is -3.98. The Bertz CT molecular complexity index is 1420. The number of fused-ring (bicyclic) bond motifs is 1. The molecule has 0 saturated heterocycles. The third kappa shape index (κ3) is 4.95. The van der Waals surface area contributed by atoms with Gasteiger partial charge in [0.1, 0.15) is 21.4 Å². The smallest absolute Gasteiger partial charge is 0.263 e. The van der Waals surface area contributed by atoms with Crippen LogP contribution < -0.4 is 15.4 Å². The lowest BCUT2D eigenvalue weighted by Crippen LogP contribution is -2.31. The molecule has 1 aliphatic heterocycles. The van der Waals surface area contributed by atoms with Gasteiger partial charge in [-0.1, -0.05) is 42.5 Å². The molecule has 0 unspecified atom stereocenters. The van der Waals surface area contributed by atoms with Crippen LogP contribution in [0.3, 0.4) is 0 Å². The van der Waals surface area contributed by atoms with Gasteiger partial charge in [0.25, 0.3) is 11.8 Å². The Labute approximate surface area is 202 Å². The maximum atomic E-state index is 13.9. The fraction of sp³-hybridized carbons (Fsp3) is 0.154. The van der Waals surface area contributed by atoms with E-state index in [0.717, 1.165) is 22.9 Å². The average Bonchev–Trinajstić information content (AvgIpc) is 3.15. The SMILES string of the molecule is COc1ccccc1-c1ccc(C(=O)NCCCNC(=O)C2=Cc3cccc(F)c3S2(=O)=O)cc1. The number of methoxy groups -OCH3 is 1. The number of carbonyl (C=O) groups is 2. The van der Waals surface area contributed by atoms with E-state index in [1.54, 1.807) is 19.2 Å². The molecule has 0 aliphatic carbocycles. The predicted octanol–water partition coefficient (Wildman–Crippen LogP) is 3.57. The van der Waals surface area contributed by atoms with Gasteiger partial charge >= 0.3 is 0 Å². The van der Waals surface area contributed by atoms with Crippen LogP contribution in [0.5, 0.6) is 5.75 Å². The number of benzene rings is 3. The van der Waals surface area contributed by atoms with E-state index in [-0.39, 0.29) is 24.6 Å². The highest BCUT2D eigenvalue weighted by atomic mass is 32.2. The maximum Gasteiger partial charge on any atom is 0.263 e. The van der Waals surface area contributed by atoms with Crippen LogP contribution in [-0.2, 0) is 14.6 Å². The fourth-order valence-electron chi connectivity index (χ4n) is 3.80. The minimum atomic E-state index is -4.20. The highest BCUT2D eigenvalue weighted by Gasteiger charge is 2.36. The topological polar surface area (TPSA) is 102 Å². The van der Waals surface area contributed by atoms with Crippen molar-refractivity contribution in [3.63, 3.8) is 0 Å². The number of hydrogen-bond acceptors (Lipinski definition) is 5. The summed E-state index contributed by atoms with van der Waals surface area (Å²) < 4.78 is 44.3. The molecular formula is C26H23FN2O5S. The molecule has 35 heavy (non-hydrogen) atoms. The van der Waals surface area contributed by atoms with Gasteiger partial charge in [-0.2, -0.15) is 0 Å². The average molecular weight is 495 g/mol. The Morgan fingerprint density at radius 2 is 1.57 bits per heavy atom. The first-order chi connectivity index (χ1) is 16.8. The van der Waals surface area contributed by atoms with E-state index >= 15 is 0 Å². The second-order valence-electron chi connectivity index (χ2n) is 7.81. The number of sulfone groups is 1. The van der Waals surface area contributed by atoms with Crippen molar-refractivity contribution in [2.24, 2.45) is 0 Å². The minimum absolute atomic E-state index is 0.136. The fourth-order valence-corrected chi connectivity index (χ4v) is 5.39. The highest BCUT2D eigenvalue weighted by molar-refractivity contribution is 7.96. The van der Waals surface area contributed by atoms with Crippen LogP contribution in [0, 0.1) is 5.82 Å². The van der Waals surface area contributed by atoms with Crippen LogP contribution in [0.2, 0.25) is 0 Å². The third-order valence-electron chi connectivity index (χ3n) is 5.56. The van der Waals surface area contributed by atoms with Gasteiger partial charge in [0, 0.05) is 24.2 Å². The molecule has 2 amide bonds. The number of rotatable bonds is 8. The summed E-state index contributed by atoms with van der Waals surface area (Å²) in [4.78, 5) is 23.8. The zero-order chi connectivity index (χ0) is 25.0. The van der Waals surface area contributed by atoms with Crippen molar-refractivity contribution >= 4 is 27.7 Å². The molecule has 0 aromatic heterocycles. The molecule has 0 saturated carbocycles. The summed E-state index contributed by atoms with van der Waals surface area (Å²) in [5.41, 5.74) is 2.47. The van der Waals surface area contributed by atoms with E-state index in [2.05, 4.69) is 10.6 Å². The summed E-state index contributed by atoms with van der Waals surface area (Å²) in [6.07, 6.45) is 1.55. The Kier molecular flexibility index (Phi) is 6.97. The second kappa shape index (κ2) is 10.1. The molecule has 1 aliphatic rings. The van der Waals surface area contributed by atoms with Crippen LogP contribution in [0.15, 0.2) is 76.5 Å². The number of halogens is 1. The van der Waals surface area contributed by atoms with Gasteiger partial charge in [-0.3, -0.25) is 9.59 Å². The second-order valence-corrected chi connectivity index (χ2v) is 9.67. The van der Waals surface area contributed by atoms with Crippen molar-refractivity contribution in [3.8, 4) is 16.9 Å². The van der Waals surface area contributed by atoms with Crippen LogP contribution in [-0.4, -0.2) is 40.4 Å². The summed E-state index contributed by atoms with van der Waals surface area (Å²) in [6.45, 7) is 0.408. The third-order valence-corrected chi connectivity index (χ3v) is 7.41. The molecule has 0 fully saturated rings. The van der Waals surface area contributed by atoms with Gasteiger partial charge in [0.05, 0.1) is 7.11 Å². The molecule has 1 heterocycles. The molecule has 0 spiro atoms. The summed E-state index contributed by atoms with van der Waals surface area (Å²) >= 11 is 0. The van der Waals surface area contributed by atoms with Gasteiger partial charge in [-0.05, 0) is 47.9 Å². The van der Waals surface area contributed by atoms with Gasteiger partial charge in [0.2, 0.25) is 9.84 Å². The van der Waals surface area contributed by atoms with E-state index in [1.807, 2.05) is 36.4 Å². The number of ether oxygens (including phenoxy) is 1. The highest BCUT2D eigenvalue weighted by Crippen LogP contribution is 2.34. The summed E-state index contributed by atoms with van der Waals surface area (Å²) in [6, 6.07) is 18.6. The summed E-state index contributed by atoms with van der Waals surface area (Å²) in [5, 5.41) is 5.28. The quantitative estimate of drug-likeness (QED) is 0.467. The van der Waals surface area contributed by atoms with Gasteiger partial charge < -0.3 is 15.4 Å². The number of amides is 2. The number of hydrogen-bond donors (Lipinski definition) is 2. The molecule has 180 valence electrons. The van der Waals surface area contributed by atoms with Crippen LogP contribution >= 0.6 is 0 Å². The summed E-state index contributed by atoms with van der Waals surface area (Å²) in [5.74, 6) is -1.23. The first kappa shape index (κ1) is 24.2. The standard InChI is InChI=1S/C26H23FN2O5S/c1-34-22-9-3-2-7-20(22)17-10-12-18(13-11-17)25(30)28-14-5-15-29-26(31)23-16-19-6-4-8-21(27)24(19)35(23,32)33/h2-4,6-13,16H,5,14-15H2,1H3,(H,28,30)(H,29,31). The zero-order valence-electron chi connectivity index (χ0n) is 18.9. The first-order valence-electron chi connectivity index (χ1n) is 10.9. The van der Waals surface area contributed by atoms with Crippen molar-refractivity contribution < 1.29 is 27.1 Å². The normalized spacial score (nSPS) is 13.5. The molecule has 9 heteroatoms. The van der Waals surface area contributed by atoms with Crippen LogP contribution in [0.1, 0.15) is 22.3 Å². The van der Waals surface area contributed by atoms with Crippen molar-refractivity contribution in [3.05, 3.63) is 88.6 Å². The predicted molar refractivity (Wildman–Crippen MR) is 130 cm³/mol. The van der Waals surface area contributed by atoms with E-state index in [0.29, 0.717) is 12.0 Å². The zero-order valence-corrected chi connectivity index (χ0v) is 19.7. The van der Waals surface area contributed by atoms with Crippen LogP contribution in [0.25, 0.3) is 17.2 Å². The van der Waals surface area contributed by atoms with E-state index in [4.69, 9.17) is 4.74 Å². The lowest BCUT2D eigenvalue weighted by atomic mass is 10.0. The van der Waals surface area contributed by atoms with Gasteiger partial charge in [-0.25, -0.2) is 12.8 Å². The molecule has 0 atom stereocenters. The molecule has 7 nitrogen and oxygen atoms in total. The molecular weight excluding hydrogens is 471 g/mol. The Morgan fingerprint density at radius 1 is 0.886 bits per heavy atom. The van der Waals surface area contributed by atoms with Crippen molar-refractivity contribution in [2.75, 3.05) is 20.2 Å². The molecule has 3 aromatic rings. The largest absolute Gasteiger partial charge is 0.496 e. The van der Waals surface area contributed by atoms with Crippen molar-refractivity contribution in [2.45, 2.75) is 11.3 Å². The lowest BCUT2D eigenvalue weighted by Gasteiger charge is -2.10. The van der Waals surface area contributed by atoms with Gasteiger partial charge in [0.15, 0.2) is 0 Å². The lowest BCUT2D eigenvalue weighted by molar-refractivity contribution is -0.116. The van der Waals surface area contributed by atoms with Crippen molar-refractivity contribution in [1.82, 2.24) is 10.6 Å². The van der Waals surface area contributed by atoms with Crippen molar-refractivity contribution in [1.29, 1.82) is 0 Å². The number of para-hydroxylation sites is 1. The Morgan fingerprint density at radius 3 is 2.26 bits per heavy atom.